The van der Waals surface area contributed by atoms with E-state index >= 15 is 0 Å². The first-order valence-electron chi connectivity index (χ1n) is 6.01. The van der Waals surface area contributed by atoms with E-state index in [0.717, 1.165) is 0 Å². The Bertz CT molecular complexity index is 500. The summed E-state index contributed by atoms with van der Waals surface area (Å²) < 4.78 is 6.82. The number of carbonyl (C=O) groups excluding carboxylic acids is 1. The number of halogens is 1. The van der Waals surface area contributed by atoms with Crippen LogP contribution in [0.3, 0.4) is 0 Å². The third-order valence-corrected chi connectivity index (χ3v) is 3.30. The first-order chi connectivity index (χ1) is 9.04. The van der Waals surface area contributed by atoms with Crippen LogP contribution in [0.15, 0.2) is 12.3 Å². The number of ether oxygens (including phenoxy) is 1. The zero-order valence-corrected chi connectivity index (χ0v) is 11.3. The first kappa shape index (κ1) is 13.9. The number of rotatable bonds is 3. The number of hydrogen-bond acceptors (Lipinski definition) is 3. The van der Waals surface area contributed by atoms with Gasteiger partial charge in [-0.2, -0.15) is 0 Å². The Hall–Kier alpha value is -1.53. The molecular weight excluding hydrogens is 272 g/mol. The van der Waals surface area contributed by atoms with Crippen LogP contribution >= 0.6 is 11.6 Å². The molecular formula is C12H15ClN2O4. The van der Waals surface area contributed by atoms with Crippen molar-refractivity contribution >= 4 is 23.5 Å². The lowest BCUT2D eigenvalue weighted by atomic mass is 10.2. The molecule has 0 aromatic carbocycles. The minimum absolute atomic E-state index is 0.0155. The maximum absolute atomic E-state index is 12.4. The fourth-order valence-corrected chi connectivity index (χ4v) is 2.34. The number of carbonyl (C=O) groups is 2. The molecule has 0 radical (unpaired) electrons. The molecule has 1 N–H and O–H groups in total. The quantitative estimate of drug-likeness (QED) is 0.903. The summed E-state index contributed by atoms with van der Waals surface area (Å²) in [6.07, 6.45) is 1.66. The second-order valence-electron chi connectivity index (χ2n) is 4.26. The van der Waals surface area contributed by atoms with E-state index in [1.54, 1.807) is 16.8 Å². The summed E-state index contributed by atoms with van der Waals surface area (Å²) in [5, 5.41) is 9.59. The molecule has 0 spiro atoms. The van der Waals surface area contributed by atoms with Crippen LogP contribution in [0.4, 0.5) is 0 Å². The van der Waals surface area contributed by atoms with Crippen LogP contribution in [-0.2, 0) is 16.1 Å². The summed E-state index contributed by atoms with van der Waals surface area (Å²) in [4.78, 5) is 24.9. The minimum Gasteiger partial charge on any atom is -0.480 e. The molecule has 1 aromatic heterocycles. The lowest BCUT2D eigenvalue weighted by Gasteiger charge is -2.32. The van der Waals surface area contributed by atoms with Crippen molar-refractivity contribution in [2.45, 2.75) is 19.5 Å². The standard InChI is InChI=1S/C12H15ClN2O4/c1-2-14-6-8(13)5-9(14)11(16)15-3-4-19-7-10(15)12(17)18/h5-6,10H,2-4,7H2,1H3,(H,17,18). The molecule has 0 aliphatic carbocycles. The Morgan fingerprint density at radius 1 is 1.58 bits per heavy atom. The lowest BCUT2D eigenvalue weighted by Crippen LogP contribution is -2.52. The molecule has 1 aliphatic rings. The largest absolute Gasteiger partial charge is 0.480 e. The van der Waals surface area contributed by atoms with Gasteiger partial charge in [0.05, 0.1) is 18.2 Å². The van der Waals surface area contributed by atoms with Crippen molar-refractivity contribution in [2.75, 3.05) is 19.8 Å². The van der Waals surface area contributed by atoms with Gasteiger partial charge in [-0.1, -0.05) is 11.6 Å². The molecule has 0 saturated carbocycles. The number of carboxylic acid groups (broad SMARTS) is 1. The highest BCUT2D eigenvalue weighted by molar-refractivity contribution is 6.31. The van der Waals surface area contributed by atoms with Gasteiger partial charge in [0, 0.05) is 19.3 Å². The summed E-state index contributed by atoms with van der Waals surface area (Å²) >= 11 is 5.89. The molecule has 1 atom stereocenters. The van der Waals surface area contributed by atoms with Gasteiger partial charge >= 0.3 is 5.97 Å². The highest BCUT2D eigenvalue weighted by Crippen LogP contribution is 2.18. The fraction of sp³-hybridized carbons (Fsp3) is 0.500. The molecule has 1 fully saturated rings. The van der Waals surface area contributed by atoms with E-state index in [0.29, 0.717) is 23.9 Å². The van der Waals surface area contributed by atoms with Gasteiger partial charge in [-0.3, -0.25) is 4.79 Å². The lowest BCUT2D eigenvalue weighted by molar-refractivity contribution is -0.147. The SMILES string of the molecule is CCn1cc(Cl)cc1C(=O)N1CCOCC1C(=O)O. The summed E-state index contributed by atoms with van der Waals surface area (Å²) in [7, 11) is 0. The van der Waals surface area contributed by atoms with Gasteiger partial charge < -0.3 is 19.3 Å². The molecule has 1 aromatic rings. The molecule has 104 valence electrons. The monoisotopic (exact) mass is 286 g/mol. The van der Waals surface area contributed by atoms with E-state index in [4.69, 9.17) is 21.4 Å². The number of amides is 1. The highest BCUT2D eigenvalue weighted by Gasteiger charge is 2.34. The fourth-order valence-electron chi connectivity index (χ4n) is 2.11. The van der Waals surface area contributed by atoms with E-state index in [1.807, 2.05) is 6.92 Å². The predicted octanol–water partition coefficient (Wildman–Crippen LogP) is 1.09. The van der Waals surface area contributed by atoms with Crippen LogP contribution in [0.1, 0.15) is 17.4 Å². The maximum Gasteiger partial charge on any atom is 0.328 e. The number of aryl methyl sites for hydroxylation is 1. The summed E-state index contributed by atoms with van der Waals surface area (Å²) in [6.45, 7) is 3.11. The average molecular weight is 287 g/mol. The number of aliphatic carboxylic acids is 1. The molecule has 2 heterocycles. The third-order valence-electron chi connectivity index (χ3n) is 3.10. The van der Waals surface area contributed by atoms with Crippen molar-refractivity contribution in [1.29, 1.82) is 0 Å². The number of hydrogen-bond donors (Lipinski definition) is 1. The van der Waals surface area contributed by atoms with Crippen molar-refractivity contribution < 1.29 is 19.4 Å². The molecule has 19 heavy (non-hydrogen) atoms. The molecule has 6 nitrogen and oxygen atoms in total. The van der Waals surface area contributed by atoms with E-state index in [1.165, 1.54) is 4.90 Å². The second kappa shape index (κ2) is 5.63. The molecule has 1 saturated heterocycles. The van der Waals surface area contributed by atoms with Gasteiger partial charge in [0.25, 0.3) is 5.91 Å². The summed E-state index contributed by atoms with van der Waals surface area (Å²) in [5.74, 6) is -1.39. The second-order valence-corrected chi connectivity index (χ2v) is 4.69. The van der Waals surface area contributed by atoms with E-state index in [9.17, 15) is 9.59 Å². The molecule has 1 aliphatic heterocycles. The van der Waals surface area contributed by atoms with Crippen molar-refractivity contribution in [2.24, 2.45) is 0 Å². The Balaban J connectivity index is 2.28. The Morgan fingerprint density at radius 3 is 2.95 bits per heavy atom. The van der Waals surface area contributed by atoms with Gasteiger partial charge in [-0.25, -0.2) is 4.79 Å². The van der Waals surface area contributed by atoms with Crippen LogP contribution in [0.25, 0.3) is 0 Å². The van der Waals surface area contributed by atoms with E-state index < -0.39 is 12.0 Å². The molecule has 1 unspecified atom stereocenters. The third kappa shape index (κ3) is 2.74. The minimum atomic E-state index is -1.06. The van der Waals surface area contributed by atoms with E-state index in [-0.39, 0.29) is 19.1 Å². The molecule has 0 bridgehead atoms. The first-order valence-corrected chi connectivity index (χ1v) is 6.39. The van der Waals surface area contributed by atoms with E-state index in [2.05, 4.69) is 0 Å². The normalized spacial score (nSPS) is 19.5. The number of nitrogens with zero attached hydrogens (tertiary/aromatic N) is 2. The highest BCUT2D eigenvalue weighted by atomic mass is 35.5. The van der Waals surface area contributed by atoms with Crippen LogP contribution in [0, 0.1) is 0 Å². The van der Waals surface area contributed by atoms with Gasteiger partial charge in [0.15, 0.2) is 6.04 Å². The molecule has 1 amide bonds. The van der Waals surface area contributed by atoms with Crippen LogP contribution in [0.2, 0.25) is 5.02 Å². The Labute approximate surface area is 115 Å². The topological polar surface area (TPSA) is 71.8 Å². The molecule has 7 heteroatoms. The van der Waals surface area contributed by atoms with Gasteiger partial charge in [0.1, 0.15) is 5.69 Å². The van der Waals surface area contributed by atoms with Gasteiger partial charge in [0.2, 0.25) is 0 Å². The summed E-state index contributed by atoms with van der Waals surface area (Å²) in [6, 6.07) is 0.613. The van der Waals surface area contributed by atoms with Crippen LogP contribution in [0.5, 0.6) is 0 Å². The maximum atomic E-state index is 12.4. The number of carboxylic acids is 1. The summed E-state index contributed by atoms with van der Waals surface area (Å²) in [5.41, 5.74) is 0.403. The Kier molecular flexibility index (Phi) is 4.11. The predicted molar refractivity (Wildman–Crippen MR) is 68.4 cm³/mol. The van der Waals surface area contributed by atoms with Gasteiger partial charge in [-0.05, 0) is 13.0 Å². The zero-order valence-electron chi connectivity index (χ0n) is 10.5. The average Bonchev–Trinajstić information content (AvgIpc) is 2.79. The Morgan fingerprint density at radius 2 is 2.32 bits per heavy atom. The van der Waals surface area contributed by atoms with Crippen LogP contribution < -0.4 is 0 Å². The van der Waals surface area contributed by atoms with Gasteiger partial charge in [-0.15, -0.1) is 0 Å². The van der Waals surface area contributed by atoms with Crippen LogP contribution in [-0.4, -0.2) is 52.3 Å². The van der Waals surface area contributed by atoms with Crippen molar-refractivity contribution in [3.8, 4) is 0 Å². The number of aromatic nitrogens is 1. The van der Waals surface area contributed by atoms with Crippen molar-refractivity contribution in [1.82, 2.24) is 9.47 Å². The van der Waals surface area contributed by atoms with Crippen molar-refractivity contribution in [3.05, 3.63) is 23.0 Å². The zero-order chi connectivity index (χ0) is 14.0. The number of morpholine rings is 1. The van der Waals surface area contributed by atoms with Crippen molar-refractivity contribution in [3.63, 3.8) is 0 Å². The smallest absolute Gasteiger partial charge is 0.328 e. The molecule has 2 rings (SSSR count).